The molecule has 1 nitrogen and oxygen atoms in total. The van der Waals surface area contributed by atoms with Gasteiger partial charge in [0.1, 0.15) is 11.6 Å². The number of benzene rings is 2. The number of rotatable bonds is 3. The van der Waals surface area contributed by atoms with Gasteiger partial charge in [-0.25, -0.2) is 13.8 Å². The fraction of sp³-hybridized carbons (Fsp3) is 0.0556. The van der Waals surface area contributed by atoms with Crippen LogP contribution in [-0.4, -0.2) is 4.98 Å². The van der Waals surface area contributed by atoms with Crippen molar-refractivity contribution in [2.75, 3.05) is 0 Å². The molecule has 0 N–H and O–H groups in total. The molecule has 1 heterocycles. The summed E-state index contributed by atoms with van der Waals surface area (Å²) in [5, 5.41) is 0.582. The molecule has 110 valence electrons. The van der Waals surface area contributed by atoms with Gasteiger partial charge in [-0.1, -0.05) is 40.2 Å². The molecular formula is C18H12BrF2N. The number of pyridine rings is 1. The van der Waals surface area contributed by atoms with Crippen molar-refractivity contribution >= 4 is 15.9 Å². The molecule has 1 aromatic heterocycles. The maximum absolute atomic E-state index is 14.0. The predicted octanol–water partition coefficient (Wildman–Crippen LogP) is 5.59. The molecule has 0 aliphatic heterocycles. The lowest BCUT2D eigenvalue weighted by atomic mass is 10.0. The zero-order chi connectivity index (χ0) is 15.5. The van der Waals surface area contributed by atoms with E-state index in [0.29, 0.717) is 27.8 Å². The first-order valence-electron chi connectivity index (χ1n) is 6.76. The first-order chi connectivity index (χ1) is 10.7. The third-order valence-electron chi connectivity index (χ3n) is 3.34. The van der Waals surface area contributed by atoms with E-state index in [0.717, 1.165) is 5.56 Å². The Labute approximate surface area is 135 Å². The molecule has 22 heavy (non-hydrogen) atoms. The van der Waals surface area contributed by atoms with Crippen molar-refractivity contribution < 1.29 is 8.78 Å². The Morgan fingerprint density at radius 2 is 1.23 bits per heavy atom. The number of alkyl halides is 1. The molecule has 0 bridgehead atoms. The highest BCUT2D eigenvalue weighted by atomic mass is 79.9. The Morgan fingerprint density at radius 1 is 0.773 bits per heavy atom. The predicted molar refractivity (Wildman–Crippen MR) is 87.7 cm³/mol. The van der Waals surface area contributed by atoms with Gasteiger partial charge in [-0.3, -0.25) is 0 Å². The van der Waals surface area contributed by atoms with Crippen molar-refractivity contribution in [3.63, 3.8) is 0 Å². The quantitative estimate of drug-likeness (QED) is 0.555. The van der Waals surface area contributed by atoms with Crippen LogP contribution in [0.15, 0.2) is 60.7 Å². The normalized spacial score (nSPS) is 10.7. The Kier molecular flexibility index (Phi) is 4.29. The highest BCUT2D eigenvalue weighted by Gasteiger charge is 2.12. The van der Waals surface area contributed by atoms with Crippen LogP contribution >= 0.6 is 15.9 Å². The largest absolute Gasteiger partial charge is 0.248 e. The van der Waals surface area contributed by atoms with Crippen LogP contribution in [0.5, 0.6) is 0 Å². The average Bonchev–Trinajstić information content (AvgIpc) is 2.55. The fourth-order valence-corrected chi connectivity index (χ4v) is 2.60. The maximum atomic E-state index is 14.0. The summed E-state index contributed by atoms with van der Waals surface area (Å²) in [5.74, 6) is -0.692. The third kappa shape index (κ3) is 2.92. The van der Waals surface area contributed by atoms with E-state index in [1.165, 1.54) is 12.1 Å². The maximum Gasteiger partial charge on any atom is 0.132 e. The molecule has 0 unspecified atom stereocenters. The molecule has 0 saturated carbocycles. The molecule has 0 amide bonds. The van der Waals surface area contributed by atoms with E-state index >= 15 is 0 Å². The van der Waals surface area contributed by atoms with E-state index in [9.17, 15) is 8.78 Å². The average molecular weight is 360 g/mol. The highest BCUT2D eigenvalue weighted by molar-refractivity contribution is 9.08. The van der Waals surface area contributed by atoms with Crippen LogP contribution in [0.3, 0.4) is 0 Å². The second-order valence-electron chi connectivity index (χ2n) is 4.84. The van der Waals surface area contributed by atoms with Crippen LogP contribution in [0.25, 0.3) is 22.5 Å². The first-order valence-corrected chi connectivity index (χ1v) is 7.88. The van der Waals surface area contributed by atoms with E-state index < -0.39 is 0 Å². The minimum Gasteiger partial charge on any atom is -0.248 e. The van der Waals surface area contributed by atoms with Crippen LogP contribution in [0.1, 0.15) is 5.56 Å². The summed E-state index contributed by atoms with van der Waals surface area (Å²) < 4.78 is 28.0. The molecule has 0 radical (unpaired) electrons. The van der Waals surface area contributed by atoms with Crippen LogP contribution in [0, 0.1) is 11.6 Å². The van der Waals surface area contributed by atoms with Crippen LogP contribution in [0.2, 0.25) is 0 Å². The monoisotopic (exact) mass is 359 g/mol. The Hall–Kier alpha value is -2.07. The number of hydrogen-bond donors (Lipinski definition) is 0. The van der Waals surface area contributed by atoms with Crippen molar-refractivity contribution in [2.45, 2.75) is 5.33 Å². The Morgan fingerprint density at radius 3 is 1.64 bits per heavy atom. The molecule has 3 rings (SSSR count). The van der Waals surface area contributed by atoms with Gasteiger partial charge in [0, 0.05) is 16.5 Å². The van der Waals surface area contributed by atoms with E-state index in [1.54, 1.807) is 48.5 Å². The molecule has 0 spiro atoms. The standard InChI is InChI=1S/C18H12BrF2N/c19-11-12-9-17(13-5-1-3-7-15(13)20)22-18(10-12)14-6-2-4-8-16(14)21/h1-10H,11H2. The van der Waals surface area contributed by atoms with Crippen molar-refractivity contribution in [1.29, 1.82) is 0 Å². The third-order valence-corrected chi connectivity index (χ3v) is 3.99. The molecule has 2 aromatic carbocycles. The molecular weight excluding hydrogens is 348 g/mol. The van der Waals surface area contributed by atoms with Gasteiger partial charge in [0.25, 0.3) is 0 Å². The SMILES string of the molecule is Fc1ccccc1-c1cc(CBr)cc(-c2ccccc2F)n1. The second kappa shape index (κ2) is 6.36. The summed E-state index contributed by atoms with van der Waals surface area (Å²) in [6.45, 7) is 0. The lowest BCUT2D eigenvalue weighted by Gasteiger charge is -2.09. The molecule has 0 fully saturated rings. The second-order valence-corrected chi connectivity index (χ2v) is 5.40. The number of halogens is 3. The van der Waals surface area contributed by atoms with Gasteiger partial charge in [0.15, 0.2) is 0 Å². The van der Waals surface area contributed by atoms with Crippen molar-refractivity contribution in [2.24, 2.45) is 0 Å². The molecule has 0 saturated heterocycles. The topological polar surface area (TPSA) is 12.9 Å². The highest BCUT2D eigenvalue weighted by Crippen LogP contribution is 2.28. The first kappa shape index (κ1) is 14.9. The minimum absolute atomic E-state index is 0.346. The summed E-state index contributed by atoms with van der Waals surface area (Å²) >= 11 is 3.39. The number of hydrogen-bond acceptors (Lipinski definition) is 1. The van der Waals surface area contributed by atoms with Gasteiger partial charge in [0.2, 0.25) is 0 Å². The summed E-state index contributed by atoms with van der Waals surface area (Å²) in [5.41, 5.74) is 2.71. The lowest BCUT2D eigenvalue weighted by Crippen LogP contribution is -1.95. The Bertz CT molecular complexity index is 754. The molecule has 0 aliphatic carbocycles. The van der Waals surface area contributed by atoms with Gasteiger partial charge < -0.3 is 0 Å². The van der Waals surface area contributed by atoms with Gasteiger partial charge in [-0.2, -0.15) is 0 Å². The summed E-state index contributed by atoms with van der Waals surface area (Å²) in [6, 6.07) is 16.5. The number of aromatic nitrogens is 1. The summed E-state index contributed by atoms with van der Waals surface area (Å²) in [6.07, 6.45) is 0. The molecule has 0 atom stereocenters. The van der Waals surface area contributed by atoms with E-state index in [2.05, 4.69) is 20.9 Å². The lowest BCUT2D eigenvalue weighted by molar-refractivity contribution is 0.630. The van der Waals surface area contributed by atoms with Crippen LogP contribution in [-0.2, 0) is 5.33 Å². The number of nitrogens with zero attached hydrogens (tertiary/aromatic N) is 1. The van der Waals surface area contributed by atoms with Crippen LogP contribution < -0.4 is 0 Å². The molecule has 0 aliphatic rings. The Balaban J connectivity index is 2.20. The van der Waals surface area contributed by atoms with Crippen LogP contribution in [0.4, 0.5) is 8.78 Å². The van der Waals surface area contributed by atoms with Gasteiger partial charge in [-0.15, -0.1) is 0 Å². The van der Waals surface area contributed by atoms with Gasteiger partial charge >= 0.3 is 0 Å². The van der Waals surface area contributed by atoms with Crippen molar-refractivity contribution in [1.82, 2.24) is 4.98 Å². The summed E-state index contributed by atoms with van der Waals surface area (Å²) in [7, 11) is 0. The van der Waals surface area contributed by atoms with E-state index in [1.807, 2.05) is 0 Å². The minimum atomic E-state index is -0.346. The summed E-state index contributed by atoms with van der Waals surface area (Å²) in [4.78, 5) is 4.44. The smallest absolute Gasteiger partial charge is 0.132 e. The fourth-order valence-electron chi connectivity index (χ4n) is 2.28. The van der Waals surface area contributed by atoms with Gasteiger partial charge in [0.05, 0.1) is 11.4 Å². The zero-order valence-electron chi connectivity index (χ0n) is 11.6. The van der Waals surface area contributed by atoms with E-state index in [4.69, 9.17) is 0 Å². The van der Waals surface area contributed by atoms with Gasteiger partial charge in [-0.05, 0) is 42.0 Å². The van der Waals surface area contributed by atoms with Crippen molar-refractivity contribution in [3.8, 4) is 22.5 Å². The van der Waals surface area contributed by atoms with Crippen molar-refractivity contribution in [3.05, 3.63) is 77.9 Å². The zero-order valence-corrected chi connectivity index (χ0v) is 13.1. The van der Waals surface area contributed by atoms with E-state index in [-0.39, 0.29) is 11.6 Å². The molecule has 3 aromatic rings. The molecule has 4 heteroatoms.